The van der Waals surface area contributed by atoms with Crippen LogP contribution in [-0.4, -0.2) is 75.5 Å². The van der Waals surface area contributed by atoms with E-state index < -0.39 is 0 Å². The van der Waals surface area contributed by atoms with Crippen LogP contribution in [0.2, 0.25) is 0 Å². The molecule has 9 heteroatoms. The number of carbonyl (C=O) groups is 3. The Labute approximate surface area is 190 Å². The van der Waals surface area contributed by atoms with Gasteiger partial charge in [0, 0.05) is 51.0 Å². The zero-order valence-corrected chi connectivity index (χ0v) is 18.4. The first kappa shape index (κ1) is 21.3. The van der Waals surface area contributed by atoms with E-state index in [1.165, 1.54) is 4.90 Å². The highest BCUT2D eigenvalue weighted by Crippen LogP contribution is 2.29. The van der Waals surface area contributed by atoms with Crippen LogP contribution >= 0.6 is 0 Å². The molecule has 2 aliphatic rings. The van der Waals surface area contributed by atoms with Gasteiger partial charge in [0.2, 0.25) is 0 Å². The maximum atomic E-state index is 13.3. The van der Waals surface area contributed by atoms with E-state index >= 15 is 0 Å². The minimum absolute atomic E-state index is 0.0778. The van der Waals surface area contributed by atoms with Crippen LogP contribution in [-0.2, 0) is 4.74 Å². The summed E-state index contributed by atoms with van der Waals surface area (Å²) in [5.41, 5.74) is 1.84. The minimum Gasteiger partial charge on any atom is -0.385 e. The second-order valence-electron chi connectivity index (χ2n) is 8.45. The molecular formula is C24H25N5O4. The number of hydrogen-bond acceptors (Lipinski definition) is 6. The molecule has 3 aromatic rings. The lowest BCUT2D eigenvalue weighted by atomic mass is 9.96. The van der Waals surface area contributed by atoms with Crippen molar-refractivity contribution in [2.45, 2.75) is 25.2 Å². The van der Waals surface area contributed by atoms with Crippen molar-refractivity contribution < 1.29 is 19.1 Å². The number of piperidine rings is 1. The molecule has 1 saturated heterocycles. The molecule has 0 aliphatic carbocycles. The number of nitrogens with zero attached hydrogens (tertiary/aromatic N) is 5. The van der Waals surface area contributed by atoms with Crippen molar-refractivity contribution in [2.24, 2.45) is 0 Å². The van der Waals surface area contributed by atoms with Gasteiger partial charge in [-0.05, 0) is 49.6 Å². The monoisotopic (exact) mass is 447 g/mol. The molecule has 1 aromatic carbocycles. The third-order valence-corrected chi connectivity index (χ3v) is 6.36. The van der Waals surface area contributed by atoms with Gasteiger partial charge in [0.1, 0.15) is 5.82 Å². The van der Waals surface area contributed by atoms with E-state index in [1.54, 1.807) is 30.2 Å². The van der Waals surface area contributed by atoms with Gasteiger partial charge in [0.15, 0.2) is 5.65 Å². The molecule has 0 spiro atoms. The molecule has 9 nitrogen and oxygen atoms in total. The number of methoxy groups -OCH3 is 1. The third-order valence-electron chi connectivity index (χ3n) is 6.36. The molecule has 2 aliphatic heterocycles. The second kappa shape index (κ2) is 8.74. The fraction of sp³-hybridized carbons (Fsp3) is 0.375. The van der Waals surface area contributed by atoms with Crippen LogP contribution in [0.1, 0.15) is 62.1 Å². The van der Waals surface area contributed by atoms with Crippen molar-refractivity contribution in [3.8, 4) is 0 Å². The first-order valence-electron chi connectivity index (χ1n) is 11.2. The molecule has 5 rings (SSSR count). The number of hydrogen-bond donors (Lipinski definition) is 0. The summed E-state index contributed by atoms with van der Waals surface area (Å²) in [6, 6.07) is 10.6. The summed E-state index contributed by atoms with van der Waals surface area (Å²) in [4.78, 5) is 41.8. The van der Waals surface area contributed by atoms with E-state index in [0.717, 1.165) is 24.3 Å². The first-order chi connectivity index (χ1) is 16.1. The Kier molecular flexibility index (Phi) is 5.63. The normalized spacial score (nSPS) is 18.3. The SMILES string of the molecule is COCCCN1C(=O)c2ccc(C(=O)N3CCC[C@H](c4nnc5ccccn45)C3)cc2C1=O. The van der Waals surface area contributed by atoms with Crippen molar-refractivity contribution in [2.75, 3.05) is 33.4 Å². The van der Waals surface area contributed by atoms with Crippen molar-refractivity contribution in [3.63, 3.8) is 0 Å². The molecule has 1 fully saturated rings. The number of imide groups is 1. The van der Waals surface area contributed by atoms with Gasteiger partial charge in [-0.2, -0.15) is 0 Å². The van der Waals surface area contributed by atoms with E-state index in [4.69, 9.17) is 4.74 Å². The van der Waals surface area contributed by atoms with Crippen molar-refractivity contribution in [3.05, 3.63) is 65.1 Å². The van der Waals surface area contributed by atoms with E-state index in [-0.39, 0.29) is 23.6 Å². The smallest absolute Gasteiger partial charge is 0.261 e. The highest BCUT2D eigenvalue weighted by Gasteiger charge is 2.36. The highest BCUT2D eigenvalue weighted by molar-refractivity contribution is 6.22. The first-order valence-corrected chi connectivity index (χ1v) is 11.2. The van der Waals surface area contributed by atoms with Crippen molar-refractivity contribution in [1.29, 1.82) is 0 Å². The Morgan fingerprint density at radius 2 is 1.97 bits per heavy atom. The largest absolute Gasteiger partial charge is 0.385 e. The van der Waals surface area contributed by atoms with Gasteiger partial charge in [0.05, 0.1) is 11.1 Å². The Morgan fingerprint density at radius 1 is 1.12 bits per heavy atom. The zero-order chi connectivity index (χ0) is 22.9. The molecule has 0 bridgehead atoms. The Morgan fingerprint density at radius 3 is 2.82 bits per heavy atom. The van der Waals surface area contributed by atoms with Crippen LogP contribution in [0.4, 0.5) is 0 Å². The van der Waals surface area contributed by atoms with Gasteiger partial charge >= 0.3 is 0 Å². The Bertz CT molecular complexity index is 1240. The predicted octanol–water partition coefficient (Wildman–Crippen LogP) is 2.38. The number of ether oxygens (including phenoxy) is 1. The maximum Gasteiger partial charge on any atom is 0.261 e. The summed E-state index contributed by atoms with van der Waals surface area (Å²) in [5, 5.41) is 8.61. The lowest BCUT2D eigenvalue weighted by molar-refractivity contribution is 0.0638. The molecule has 2 aromatic heterocycles. The lowest BCUT2D eigenvalue weighted by Gasteiger charge is -2.32. The number of pyridine rings is 1. The van der Waals surface area contributed by atoms with Gasteiger partial charge in [-0.3, -0.25) is 23.7 Å². The summed E-state index contributed by atoms with van der Waals surface area (Å²) in [6.45, 7) is 1.93. The number of aromatic nitrogens is 3. The minimum atomic E-state index is -0.354. The van der Waals surface area contributed by atoms with Gasteiger partial charge in [-0.15, -0.1) is 10.2 Å². The second-order valence-corrected chi connectivity index (χ2v) is 8.45. The van der Waals surface area contributed by atoms with E-state index in [2.05, 4.69) is 10.2 Å². The molecule has 1 atom stereocenters. The topological polar surface area (TPSA) is 97.1 Å². The number of amides is 3. The number of fused-ring (bicyclic) bond motifs is 2. The van der Waals surface area contributed by atoms with Crippen LogP contribution in [0, 0.1) is 0 Å². The molecule has 0 radical (unpaired) electrons. The maximum absolute atomic E-state index is 13.3. The summed E-state index contributed by atoms with van der Waals surface area (Å²) in [6.07, 6.45) is 4.29. The fourth-order valence-corrected chi connectivity index (χ4v) is 4.69. The Balaban J connectivity index is 1.34. The molecule has 0 N–H and O–H groups in total. The van der Waals surface area contributed by atoms with Gasteiger partial charge in [-0.1, -0.05) is 6.07 Å². The Hall–Kier alpha value is -3.59. The summed E-state index contributed by atoms with van der Waals surface area (Å²) >= 11 is 0. The quantitative estimate of drug-likeness (QED) is 0.425. The molecule has 3 amide bonds. The number of carbonyl (C=O) groups excluding carboxylic acids is 3. The van der Waals surface area contributed by atoms with E-state index in [9.17, 15) is 14.4 Å². The number of rotatable bonds is 6. The molecular weight excluding hydrogens is 422 g/mol. The van der Waals surface area contributed by atoms with Crippen LogP contribution in [0.3, 0.4) is 0 Å². The van der Waals surface area contributed by atoms with Crippen LogP contribution in [0.5, 0.6) is 0 Å². The van der Waals surface area contributed by atoms with Crippen molar-refractivity contribution in [1.82, 2.24) is 24.4 Å². The molecule has 4 heterocycles. The third kappa shape index (κ3) is 3.78. The van der Waals surface area contributed by atoms with Crippen LogP contribution < -0.4 is 0 Å². The molecule has 0 saturated carbocycles. The standard InChI is InChI=1S/C24H25N5O4/c1-33-13-5-12-29-23(31)18-9-8-16(14-19(18)24(29)32)22(30)27-10-4-6-17(15-27)21-26-25-20-7-2-3-11-28(20)21/h2-3,7-9,11,14,17H,4-6,10,12-13,15H2,1H3/t17-/m0/s1. The van der Waals surface area contributed by atoms with Gasteiger partial charge in [0.25, 0.3) is 17.7 Å². The fourth-order valence-electron chi connectivity index (χ4n) is 4.69. The average Bonchev–Trinajstić information content (AvgIpc) is 3.38. The van der Waals surface area contributed by atoms with E-state index in [1.807, 2.05) is 28.8 Å². The number of benzene rings is 1. The van der Waals surface area contributed by atoms with Crippen LogP contribution in [0.15, 0.2) is 42.6 Å². The van der Waals surface area contributed by atoms with Gasteiger partial charge in [-0.25, -0.2) is 0 Å². The molecule has 33 heavy (non-hydrogen) atoms. The highest BCUT2D eigenvalue weighted by atomic mass is 16.5. The number of likely N-dealkylation sites (tertiary alicyclic amines) is 1. The van der Waals surface area contributed by atoms with Crippen molar-refractivity contribution >= 4 is 23.4 Å². The molecule has 170 valence electrons. The zero-order valence-electron chi connectivity index (χ0n) is 18.4. The summed E-state index contributed by atoms with van der Waals surface area (Å²) < 4.78 is 6.99. The predicted molar refractivity (Wildman–Crippen MR) is 119 cm³/mol. The molecule has 0 unspecified atom stereocenters. The van der Waals surface area contributed by atoms with Crippen LogP contribution in [0.25, 0.3) is 5.65 Å². The van der Waals surface area contributed by atoms with Gasteiger partial charge < -0.3 is 9.64 Å². The average molecular weight is 447 g/mol. The summed E-state index contributed by atoms with van der Waals surface area (Å²) in [7, 11) is 1.58. The summed E-state index contributed by atoms with van der Waals surface area (Å²) in [5.74, 6) is 0.113. The van der Waals surface area contributed by atoms with E-state index in [0.29, 0.717) is 49.4 Å². The lowest BCUT2D eigenvalue weighted by Crippen LogP contribution is -2.39.